The average molecular weight is 342 g/mol. The number of carbonyl (C=O) groups excluding carboxylic acids is 2. The Morgan fingerprint density at radius 2 is 1.79 bits per heavy atom. The first-order chi connectivity index (χ1) is 11.2. The summed E-state index contributed by atoms with van der Waals surface area (Å²) in [5.41, 5.74) is -1.27. The molecule has 0 unspecified atom stereocenters. The van der Waals surface area contributed by atoms with Crippen molar-refractivity contribution in [2.24, 2.45) is 0 Å². The molecule has 1 aromatic carbocycles. The van der Waals surface area contributed by atoms with Crippen molar-refractivity contribution in [2.75, 3.05) is 7.11 Å². The topological polar surface area (TPSA) is 52.6 Å². The molecule has 0 bridgehead atoms. The number of carbonyl (C=O) groups is 2. The van der Waals surface area contributed by atoms with E-state index in [1.54, 1.807) is 0 Å². The zero-order chi connectivity index (χ0) is 18.0. The maximum Gasteiger partial charge on any atom is 0.416 e. The number of alkyl halides is 3. The number of methoxy groups -OCH3 is 1. The highest BCUT2D eigenvalue weighted by Crippen LogP contribution is 2.45. The average Bonchev–Trinajstić information content (AvgIpc) is 2.49. The number of esters is 2. The van der Waals surface area contributed by atoms with Crippen LogP contribution in [0.25, 0.3) is 0 Å². The van der Waals surface area contributed by atoms with Gasteiger partial charge in [0.1, 0.15) is 5.60 Å². The van der Waals surface area contributed by atoms with E-state index in [1.807, 2.05) is 0 Å². The Bertz CT molecular complexity index is 643. The first-order valence-corrected chi connectivity index (χ1v) is 7.33. The fourth-order valence-corrected chi connectivity index (χ4v) is 2.48. The third-order valence-electron chi connectivity index (χ3n) is 4.06. The van der Waals surface area contributed by atoms with Gasteiger partial charge in [0.25, 0.3) is 0 Å². The van der Waals surface area contributed by atoms with Crippen molar-refractivity contribution >= 4 is 11.9 Å². The van der Waals surface area contributed by atoms with E-state index in [0.717, 1.165) is 18.6 Å². The molecule has 0 atom stereocenters. The van der Waals surface area contributed by atoms with E-state index >= 15 is 0 Å². The van der Waals surface area contributed by atoms with Crippen LogP contribution in [0, 0.1) is 0 Å². The number of hydrogen-bond donors (Lipinski definition) is 0. The lowest BCUT2D eigenvalue weighted by molar-refractivity contribution is -0.167. The van der Waals surface area contributed by atoms with Crippen molar-refractivity contribution in [2.45, 2.75) is 37.5 Å². The van der Waals surface area contributed by atoms with Crippen LogP contribution in [-0.2, 0) is 30.8 Å². The maximum absolute atomic E-state index is 12.6. The zero-order valence-corrected chi connectivity index (χ0v) is 13.1. The summed E-state index contributed by atoms with van der Waals surface area (Å²) in [6.07, 6.45) is -2.90. The number of benzene rings is 1. The van der Waals surface area contributed by atoms with Crippen LogP contribution in [0.3, 0.4) is 0 Å². The van der Waals surface area contributed by atoms with Gasteiger partial charge in [0.05, 0.1) is 19.1 Å². The largest absolute Gasteiger partial charge is 0.469 e. The highest BCUT2D eigenvalue weighted by Gasteiger charge is 2.43. The zero-order valence-electron chi connectivity index (χ0n) is 13.1. The van der Waals surface area contributed by atoms with E-state index in [4.69, 9.17) is 4.74 Å². The summed E-state index contributed by atoms with van der Waals surface area (Å²) in [4.78, 5) is 23.3. The Hall–Kier alpha value is -2.31. The molecule has 7 heteroatoms. The van der Waals surface area contributed by atoms with E-state index in [1.165, 1.54) is 19.2 Å². The van der Waals surface area contributed by atoms with Gasteiger partial charge in [0.15, 0.2) is 0 Å². The molecule has 0 saturated heterocycles. The molecule has 0 aromatic heterocycles. The Labute approximate surface area is 137 Å². The van der Waals surface area contributed by atoms with Crippen molar-refractivity contribution in [3.63, 3.8) is 0 Å². The Balaban J connectivity index is 2.13. The number of hydrogen-bond acceptors (Lipinski definition) is 4. The second-order valence-electron chi connectivity index (χ2n) is 5.67. The molecule has 0 amide bonds. The first-order valence-electron chi connectivity index (χ1n) is 7.33. The van der Waals surface area contributed by atoms with Gasteiger partial charge in [0.2, 0.25) is 0 Å². The van der Waals surface area contributed by atoms with Crippen molar-refractivity contribution in [1.82, 2.24) is 0 Å². The molecule has 4 nitrogen and oxygen atoms in total. The summed E-state index contributed by atoms with van der Waals surface area (Å²) in [6, 6.07) is 4.57. The molecular weight excluding hydrogens is 325 g/mol. The molecule has 1 aliphatic rings. The predicted octanol–water partition coefficient (Wildman–Crippen LogP) is 3.75. The summed E-state index contributed by atoms with van der Waals surface area (Å²) in [5, 5.41) is 0. The minimum Gasteiger partial charge on any atom is -0.469 e. The second kappa shape index (κ2) is 6.67. The monoisotopic (exact) mass is 342 g/mol. The molecule has 0 radical (unpaired) electrons. The van der Waals surface area contributed by atoms with E-state index in [0.29, 0.717) is 18.4 Å². The van der Waals surface area contributed by atoms with E-state index in [2.05, 4.69) is 11.3 Å². The third kappa shape index (κ3) is 3.77. The SMILES string of the molecule is C=C(CC(=O)OC)C(=O)OC1(c2ccc(C(F)(F)F)cc2)CCC1. The highest BCUT2D eigenvalue weighted by atomic mass is 19.4. The molecule has 0 N–H and O–H groups in total. The molecule has 130 valence electrons. The molecule has 1 saturated carbocycles. The van der Waals surface area contributed by atoms with Crippen molar-refractivity contribution in [1.29, 1.82) is 0 Å². The van der Waals surface area contributed by atoms with Crippen LogP contribution in [0.2, 0.25) is 0 Å². The smallest absolute Gasteiger partial charge is 0.416 e. The molecule has 24 heavy (non-hydrogen) atoms. The molecular formula is C17H17F3O4. The second-order valence-corrected chi connectivity index (χ2v) is 5.67. The van der Waals surface area contributed by atoms with Crippen molar-refractivity contribution < 1.29 is 32.2 Å². The lowest BCUT2D eigenvalue weighted by atomic mass is 9.74. The molecule has 1 fully saturated rings. The van der Waals surface area contributed by atoms with E-state index in [9.17, 15) is 22.8 Å². The standard InChI is InChI=1S/C17H17F3O4/c1-11(10-14(21)23-2)15(22)24-16(8-3-9-16)12-4-6-13(7-5-12)17(18,19)20/h4-7H,1,3,8-10H2,2H3. The Morgan fingerprint density at radius 1 is 1.21 bits per heavy atom. The van der Waals surface area contributed by atoms with Crippen LogP contribution >= 0.6 is 0 Å². The third-order valence-corrected chi connectivity index (χ3v) is 4.06. The summed E-state index contributed by atoms with van der Waals surface area (Å²) in [6.45, 7) is 3.50. The summed E-state index contributed by atoms with van der Waals surface area (Å²) >= 11 is 0. The van der Waals surface area contributed by atoms with Gasteiger partial charge in [-0.2, -0.15) is 13.2 Å². The molecule has 0 aliphatic heterocycles. The van der Waals surface area contributed by atoms with Gasteiger partial charge in [-0.05, 0) is 37.0 Å². The fraction of sp³-hybridized carbons (Fsp3) is 0.412. The van der Waals surface area contributed by atoms with Crippen LogP contribution in [0.15, 0.2) is 36.4 Å². The summed E-state index contributed by atoms with van der Waals surface area (Å²) in [5.74, 6) is -1.37. The van der Waals surface area contributed by atoms with E-state index in [-0.39, 0.29) is 12.0 Å². The van der Waals surface area contributed by atoms with Gasteiger partial charge in [-0.25, -0.2) is 4.79 Å². The van der Waals surface area contributed by atoms with Gasteiger partial charge in [-0.15, -0.1) is 0 Å². The van der Waals surface area contributed by atoms with Crippen molar-refractivity contribution in [3.8, 4) is 0 Å². The fourth-order valence-electron chi connectivity index (χ4n) is 2.48. The lowest BCUT2D eigenvalue weighted by Gasteiger charge is -2.41. The van der Waals surface area contributed by atoms with Crippen LogP contribution < -0.4 is 0 Å². The number of ether oxygens (including phenoxy) is 2. The maximum atomic E-state index is 12.6. The number of halogens is 3. The summed E-state index contributed by atoms with van der Waals surface area (Å²) in [7, 11) is 1.19. The minimum atomic E-state index is -4.42. The normalized spacial score (nSPS) is 16.0. The van der Waals surface area contributed by atoms with Crippen LogP contribution in [0.5, 0.6) is 0 Å². The molecule has 0 spiro atoms. The quantitative estimate of drug-likeness (QED) is 0.604. The minimum absolute atomic E-state index is 0.0555. The Kier molecular flexibility index (Phi) is 5.01. The van der Waals surface area contributed by atoms with Gasteiger partial charge >= 0.3 is 18.1 Å². The van der Waals surface area contributed by atoms with Crippen LogP contribution in [0.1, 0.15) is 36.8 Å². The molecule has 1 aromatic rings. The summed E-state index contributed by atoms with van der Waals surface area (Å²) < 4.78 is 47.8. The molecule has 0 heterocycles. The Morgan fingerprint density at radius 3 is 2.21 bits per heavy atom. The van der Waals surface area contributed by atoms with Crippen molar-refractivity contribution in [3.05, 3.63) is 47.5 Å². The first kappa shape index (κ1) is 18.0. The van der Waals surface area contributed by atoms with Gasteiger partial charge in [-0.1, -0.05) is 18.7 Å². The highest BCUT2D eigenvalue weighted by molar-refractivity contribution is 5.93. The van der Waals surface area contributed by atoms with Crippen LogP contribution in [0.4, 0.5) is 13.2 Å². The predicted molar refractivity (Wildman–Crippen MR) is 78.8 cm³/mol. The lowest BCUT2D eigenvalue weighted by Crippen LogP contribution is -2.39. The number of rotatable bonds is 5. The van der Waals surface area contributed by atoms with Gasteiger partial charge in [0, 0.05) is 5.57 Å². The van der Waals surface area contributed by atoms with E-state index < -0.39 is 29.3 Å². The molecule has 2 rings (SSSR count). The molecule has 1 aliphatic carbocycles. The van der Waals surface area contributed by atoms with Crippen LogP contribution in [-0.4, -0.2) is 19.0 Å². The van der Waals surface area contributed by atoms with Gasteiger partial charge < -0.3 is 9.47 Å². The van der Waals surface area contributed by atoms with Gasteiger partial charge in [-0.3, -0.25) is 4.79 Å².